The van der Waals surface area contributed by atoms with E-state index < -0.39 is 0 Å². The predicted octanol–water partition coefficient (Wildman–Crippen LogP) is 2.70. The summed E-state index contributed by atoms with van der Waals surface area (Å²) in [6.45, 7) is 1.90. The van der Waals surface area contributed by atoms with E-state index in [0.717, 1.165) is 5.56 Å². The molecule has 27 heavy (non-hydrogen) atoms. The summed E-state index contributed by atoms with van der Waals surface area (Å²) in [6.07, 6.45) is 4.79. The topological polar surface area (TPSA) is 122 Å². The van der Waals surface area contributed by atoms with E-state index >= 15 is 0 Å². The van der Waals surface area contributed by atoms with Gasteiger partial charge in [-0.15, -0.1) is 0 Å². The zero-order valence-electron chi connectivity index (χ0n) is 15.1. The van der Waals surface area contributed by atoms with Crippen molar-refractivity contribution < 1.29 is 4.79 Å². The van der Waals surface area contributed by atoms with E-state index in [1.54, 1.807) is 24.1 Å². The van der Waals surface area contributed by atoms with Gasteiger partial charge in [-0.3, -0.25) is 15.4 Å². The molecule has 8 nitrogen and oxygen atoms in total. The molecule has 5 N–H and O–H groups in total. The highest BCUT2D eigenvalue weighted by molar-refractivity contribution is 6.13. The molecule has 0 saturated heterocycles. The lowest BCUT2D eigenvalue weighted by molar-refractivity contribution is 0.249. The standard InChI is InChI=1S/C19H21N7O/c1-12(13-6-4-3-5-7-13)24-19(27)25-17-8-16(20)15(10-22-17)18(21)14-9-23-26(2)11-14/h3-12,21H,1-2H3,(H4,20,22,24,25,27). The maximum Gasteiger partial charge on any atom is 0.320 e. The summed E-state index contributed by atoms with van der Waals surface area (Å²) in [5.74, 6) is 0.313. The Hall–Kier alpha value is -3.68. The number of rotatable bonds is 5. The molecule has 0 bridgehead atoms. The highest BCUT2D eigenvalue weighted by Gasteiger charge is 2.14. The number of urea groups is 1. The molecule has 0 saturated carbocycles. The number of nitrogens with two attached hydrogens (primary N) is 1. The van der Waals surface area contributed by atoms with Crippen LogP contribution in [0.25, 0.3) is 0 Å². The van der Waals surface area contributed by atoms with Gasteiger partial charge >= 0.3 is 6.03 Å². The first-order valence-corrected chi connectivity index (χ1v) is 8.40. The van der Waals surface area contributed by atoms with Crippen molar-refractivity contribution in [2.24, 2.45) is 7.05 Å². The van der Waals surface area contributed by atoms with E-state index in [1.807, 2.05) is 37.3 Å². The van der Waals surface area contributed by atoms with Crippen molar-refractivity contribution in [3.05, 3.63) is 71.7 Å². The Bertz CT molecular complexity index is 965. The van der Waals surface area contributed by atoms with Crippen LogP contribution in [0.4, 0.5) is 16.3 Å². The van der Waals surface area contributed by atoms with E-state index in [9.17, 15) is 4.79 Å². The van der Waals surface area contributed by atoms with Crippen molar-refractivity contribution in [2.75, 3.05) is 11.1 Å². The quantitative estimate of drug-likeness (QED) is 0.521. The number of nitrogens with one attached hydrogen (secondary N) is 3. The van der Waals surface area contributed by atoms with Crippen LogP contribution in [-0.4, -0.2) is 26.5 Å². The maximum atomic E-state index is 12.2. The van der Waals surface area contributed by atoms with Crippen LogP contribution in [0.3, 0.4) is 0 Å². The predicted molar refractivity (Wildman–Crippen MR) is 105 cm³/mol. The number of hydrogen-bond donors (Lipinski definition) is 4. The zero-order chi connectivity index (χ0) is 19.4. The number of carbonyl (C=O) groups is 1. The second-order valence-corrected chi connectivity index (χ2v) is 6.17. The Kier molecular flexibility index (Phi) is 5.16. The van der Waals surface area contributed by atoms with Crippen LogP contribution in [0.1, 0.15) is 29.7 Å². The van der Waals surface area contributed by atoms with Gasteiger partial charge in [-0.25, -0.2) is 9.78 Å². The minimum absolute atomic E-state index is 0.151. The van der Waals surface area contributed by atoms with Crippen LogP contribution in [0.5, 0.6) is 0 Å². The van der Waals surface area contributed by atoms with Crippen LogP contribution in [0.15, 0.2) is 55.0 Å². The molecule has 0 spiro atoms. The maximum absolute atomic E-state index is 12.2. The lowest BCUT2D eigenvalue weighted by Crippen LogP contribution is -2.31. The molecule has 0 fully saturated rings. The summed E-state index contributed by atoms with van der Waals surface area (Å²) in [4.78, 5) is 16.4. The second kappa shape index (κ2) is 7.69. The molecule has 0 aliphatic rings. The fraction of sp³-hybridized carbons (Fsp3) is 0.158. The van der Waals surface area contributed by atoms with Gasteiger partial charge < -0.3 is 11.1 Å². The third-order valence-corrected chi connectivity index (χ3v) is 4.09. The monoisotopic (exact) mass is 363 g/mol. The fourth-order valence-corrected chi connectivity index (χ4v) is 2.63. The Morgan fingerprint density at radius 2 is 2.00 bits per heavy atom. The van der Waals surface area contributed by atoms with Gasteiger partial charge in [0.05, 0.1) is 18.0 Å². The van der Waals surface area contributed by atoms with Crippen molar-refractivity contribution in [1.29, 1.82) is 5.41 Å². The van der Waals surface area contributed by atoms with Crippen LogP contribution in [-0.2, 0) is 7.05 Å². The van der Waals surface area contributed by atoms with E-state index in [2.05, 4.69) is 20.7 Å². The number of benzene rings is 1. The molecule has 3 rings (SSSR count). The fourth-order valence-electron chi connectivity index (χ4n) is 2.63. The molecular formula is C19H21N7O. The van der Waals surface area contributed by atoms with Crippen molar-refractivity contribution >= 4 is 23.2 Å². The molecule has 2 amide bonds. The second-order valence-electron chi connectivity index (χ2n) is 6.17. The number of amides is 2. The zero-order valence-corrected chi connectivity index (χ0v) is 15.1. The molecule has 0 aliphatic heterocycles. The van der Waals surface area contributed by atoms with Gasteiger partial charge in [-0.2, -0.15) is 5.10 Å². The third-order valence-electron chi connectivity index (χ3n) is 4.09. The summed E-state index contributed by atoms with van der Waals surface area (Å²) >= 11 is 0. The summed E-state index contributed by atoms with van der Waals surface area (Å²) in [7, 11) is 1.78. The number of nitrogen functional groups attached to an aromatic ring is 1. The van der Waals surface area contributed by atoms with Crippen molar-refractivity contribution in [3.8, 4) is 0 Å². The van der Waals surface area contributed by atoms with E-state index in [4.69, 9.17) is 11.1 Å². The van der Waals surface area contributed by atoms with Crippen LogP contribution in [0, 0.1) is 5.41 Å². The van der Waals surface area contributed by atoms with Gasteiger partial charge in [0.15, 0.2) is 0 Å². The van der Waals surface area contributed by atoms with E-state index in [1.165, 1.54) is 12.3 Å². The van der Waals surface area contributed by atoms with Crippen LogP contribution < -0.4 is 16.4 Å². The van der Waals surface area contributed by atoms with Crippen LogP contribution in [0.2, 0.25) is 0 Å². The first-order valence-electron chi connectivity index (χ1n) is 8.40. The van der Waals surface area contributed by atoms with Crippen molar-refractivity contribution in [2.45, 2.75) is 13.0 Å². The summed E-state index contributed by atoms with van der Waals surface area (Å²) in [5, 5.41) is 17.8. The average Bonchev–Trinajstić information content (AvgIpc) is 3.08. The summed E-state index contributed by atoms with van der Waals surface area (Å²) in [6, 6.07) is 10.7. The molecule has 0 aliphatic carbocycles. The first kappa shape index (κ1) is 18.1. The number of hydrogen-bond acceptors (Lipinski definition) is 5. The normalized spacial score (nSPS) is 11.6. The molecule has 138 valence electrons. The van der Waals surface area contributed by atoms with Crippen LogP contribution >= 0.6 is 0 Å². The van der Waals surface area contributed by atoms with Gasteiger partial charge in [0.25, 0.3) is 0 Å². The third kappa shape index (κ3) is 4.30. The van der Waals surface area contributed by atoms with Gasteiger partial charge in [-0.05, 0) is 12.5 Å². The first-order chi connectivity index (χ1) is 12.9. The molecule has 1 aromatic carbocycles. The van der Waals surface area contributed by atoms with Crippen molar-refractivity contribution in [3.63, 3.8) is 0 Å². The summed E-state index contributed by atoms with van der Waals surface area (Å²) in [5.41, 5.74) is 8.75. The molecule has 8 heteroatoms. The minimum atomic E-state index is -0.381. The number of aryl methyl sites for hydroxylation is 1. The molecule has 3 aromatic rings. The Labute approximate surface area is 156 Å². The van der Waals surface area contributed by atoms with E-state index in [-0.39, 0.29) is 17.8 Å². The Balaban J connectivity index is 1.67. The van der Waals surface area contributed by atoms with E-state index in [0.29, 0.717) is 22.6 Å². The van der Waals surface area contributed by atoms with Crippen molar-refractivity contribution in [1.82, 2.24) is 20.1 Å². The average molecular weight is 363 g/mol. The number of carbonyl (C=O) groups excluding carboxylic acids is 1. The molecule has 2 heterocycles. The van der Waals surface area contributed by atoms with Gasteiger partial charge in [0, 0.05) is 42.3 Å². The molecular weight excluding hydrogens is 342 g/mol. The largest absolute Gasteiger partial charge is 0.398 e. The Morgan fingerprint density at radius 1 is 1.26 bits per heavy atom. The smallest absolute Gasteiger partial charge is 0.320 e. The highest BCUT2D eigenvalue weighted by atomic mass is 16.2. The number of anilines is 2. The van der Waals surface area contributed by atoms with Gasteiger partial charge in [0.1, 0.15) is 5.82 Å². The minimum Gasteiger partial charge on any atom is -0.398 e. The molecule has 1 atom stereocenters. The number of pyridine rings is 1. The lowest BCUT2D eigenvalue weighted by Gasteiger charge is -2.15. The molecule has 1 unspecified atom stereocenters. The summed E-state index contributed by atoms with van der Waals surface area (Å²) < 4.78 is 1.61. The lowest BCUT2D eigenvalue weighted by atomic mass is 10.1. The SMILES string of the molecule is CC(NC(=O)Nc1cc(N)c(C(=N)c2cnn(C)c2)cn1)c1ccccc1. The highest BCUT2D eigenvalue weighted by Crippen LogP contribution is 2.19. The van der Waals surface area contributed by atoms with Gasteiger partial charge in [0.2, 0.25) is 0 Å². The molecule has 2 aromatic heterocycles. The Morgan fingerprint density at radius 3 is 2.63 bits per heavy atom. The number of nitrogens with zero attached hydrogens (tertiary/aromatic N) is 3. The van der Waals surface area contributed by atoms with Gasteiger partial charge in [-0.1, -0.05) is 30.3 Å². The number of aromatic nitrogens is 3. The molecule has 0 radical (unpaired) electrons.